The number of benzene rings is 2. The summed E-state index contributed by atoms with van der Waals surface area (Å²) in [6, 6.07) is 18.8. The number of hydrogen-bond donors (Lipinski definition) is 0. The van der Waals surface area contributed by atoms with Crippen molar-refractivity contribution >= 4 is 11.8 Å². The van der Waals surface area contributed by atoms with E-state index in [-0.39, 0.29) is 11.8 Å². The Labute approximate surface area is 192 Å². The quantitative estimate of drug-likeness (QED) is 0.699. The third kappa shape index (κ3) is 5.57. The monoisotopic (exact) mass is 433 g/mol. The number of carbonyl (C=O) groups is 2. The lowest BCUT2D eigenvalue weighted by Crippen LogP contribution is -2.53. The smallest absolute Gasteiger partial charge is 0.254 e. The lowest BCUT2D eigenvalue weighted by atomic mass is 9.99. The Hall–Kier alpha value is -2.66. The fourth-order valence-electron chi connectivity index (χ4n) is 4.90. The summed E-state index contributed by atoms with van der Waals surface area (Å²) < 4.78 is 0. The lowest BCUT2D eigenvalue weighted by Gasteiger charge is -2.38. The first-order valence-electron chi connectivity index (χ1n) is 12.0. The summed E-state index contributed by atoms with van der Waals surface area (Å²) in [4.78, 5) is 32.2. The van der Waals surface area contributed by atoms with Gasteiger partial charge in [0.25, 0.3) is 5.91 Å². The van der Waals surface area contributed by atoms with Gasteiger partial charge < -0.3 is 9.80 Å². The normalized spacial score (nSPS) is 19.7. The van der Waals surface area contributed by atoms with Gasteiger partial charge in [0.2, 0.25) is 5.91 Å². The Kier molecular flexibility index (Phi) is 7.59. The van der Waals surface area contributed by atoms with Gasteiger partial charge in [0.05, 0.1) is 6.54 Å². The number of piperazine rings is 1. The van der Waals surface area contributed by atoms with Gasteiger partial charge in [-0.25, -0.2) is 0 Å². The third-order valence-electron chi connectivity index (χ3n) is 6.92. The van der Waals surface area contributed by atoms with Crippen molar-refractivity contribution in [3.8, 4) is 0 Å². The molecular weight excluding hydrogens is 398 g/mol. The Bertz CT molecular complexity index is 906. The van der Waals surface area contributed by atoms with Crippen LogP contribution in [0.25, 0.3) is 0 Å². The molecular formula is C27H35N3O2. The van der Waals surface area contributed by atoms with Crippen molar-refractivity contribution in [3.05, 3.63) is 71.3 Å². The molecule has 2 amide bonds. The fourth-order valence-corrected chi connectivity index (χ4v) is 4.90. The number of piperidine rings is 1. The zero-order chi connectivity index (χ0) is 22.3. The second-order valence-electron chi connectivity index (χ2n) is 9.14. The number of carbonyl (C=O) groups excluding carboxylic acids is 2. The predicted molar refractivity (Wildman–Crippen MR) is 128 cm³/mol. The van der Waals surface area contributed by atoms with Gasteiger partial charge in [-0.15, -0.1) is 0 Å². The van der Waals surface area contributed by atoms with Gasteiger partial charge in [0, 0.05) is 44.3 Å². The molecule has 4 rings (SSSR count). The van der Waals surface area contributed by atoms with E-state index in [4.69, 9.17) is 0 Å². The zero-order valence-corrected chi connectivity index (χ0v) is 19.2. The molecule has 0 saturated carbocycles. The summed E-state index contributed by atoms with van der Waals surface area (Å²) in [5, 5.41) is 0. The predicted octanol–water partition coefficient (Wildman–Crippen LogP) is 3.63. The molecule has 0 aromatic heterocycles. The van der Waals surface area contributed by atoms with Crippen LogP contribution in [0.4, 0.5) is 0 Å². The van der Waals surface area contributed by atoms with Crippen molar-refractivity contribution in [1.82, 2.24) is 14.7 Å². The van der Waals surface area contributed by atoms with E-state index in [9.17, 15) is 9.59 Å². The van der Waals surface area contributed by atoms with E-state index >= 15 is 0 Å². The Morgan fingerprint density at radius 2 is 1.56 bits per heavy atom. The minimum Gasteiger partial charge on any atom is -0.339 e. The van der Waals surface area contributed by atoms with Crippen LogP contribution in [-0.4, -0.2) is 71.8 Å². The molecule has 2 aromatic rings. The first-order valence-corrected chi connectivity index (χ1v) is 12.0. The summed E-state index contributed by atoms with van der Waals surface area (Å²) in [6.45, 7) is 6.38. The average Bonchev–Trinajstić information content (AvgIpc) is 2.84. The molecule has 2 fully saturated rings. The Morgan fingerprint density at radius 1 is 0.844 bits per heavy atom. The van der Waals surface area contributed by atoms with Crippen molar-refractivity contribution in [2.45, 2.75) is 45.1 Å². The molecule has 2 heterocycles. The maximum atomic E-state index is 13.3. The minimum absolute atomic E-state index is 0.115. The molecule has 170 valence electrons. The minimum atomic E-state index is 0.115. The van der Waals surface area contributed by atoms with Crippen molar-refractivity contribution in [3.63, 3.8) is 0 Å². The van der Waals surface area contributed by atoms with E-state index < -0.39 is 0 Å². The van der Waals surface area contributed by atoms with Gasteiger partial charge in [-0.2, -0.15) is 0 Å². The number of hydrogen-bond acceptors (Lipinski definition) is 3. The van der Waals surface area contributed by atoms with Gasteiger partial charge >= 0.3 is 0 Å². The first-order chi connectivity index (χ1) is 15.6. The van der Waals surface area contributed by atoms with Gasteiger partial charge in [-0.3, -0.25) is 14.5 Å². The summed E-state index contributed by atoms with van der Waals surface area (Å²) in [5.41, 5.74) is 3.21. The molecule has 5 nitrogen and oxygen atoms in total. The van der Waals surface area contributed by atoms with Gasteiger partial charge in [0.1, 0.15) is 0 Å². The highest BCUT2D eigenvalue weighted by Gasteiger charge is 2.28. The third-order valence-corrected chi connectivity index (χ3v) is 6.92. The molecule has 1 atom stereocenters. The van der Waals surface area contributed by atoms with E-state index in [1.807, 2.05) is 34.1 Å². The number of nitrogens with zero attached hydrogens (tertiary/aromatic N) is 3. The molecule has 0 radical (unpaired) electrons. The molecule has 0 N–H and O–H groups in total. The van der Waals surface area contributed by atoms with Crippen LogP contribution in [0.2, 0.25) is 0 Å². The second kappa shape index (κ2) is 10.8. The standard InChI is InChI=1S/C27H35N3O2/c1-22-9-7-8-16-30(22)26(31)21-28-17-19-29(20-18-28)27(32)25-13-6-5-12-24(25)15-14-23-10-3-2-4-11-23/h2-6,10-13,22H,7-9,14-21H2,1H3/t22-/m0/s1. The van der Waals surface area contributed by atoms with E-state index in [1.54, 1.807) is 0 Å². The number of aryl methyl sites for hydroxylation is 2. The summed E-state index contributed by atoms with van der Waals surface area (Å²) in [7, 11) is 0. The van der Waals surface area contributed by atoms with Crippen molar-refractivity contribution in [2.75, 3.05) is 39.3 Å². The van der Waals surface area contributed by atoms with Crippen LogP contribution in [0.3, 0.4) is 0 Å². The molecule has 0 spiro atoms. The summed E-state index contributed by atoms with van der Waals surface area (Å²) in [6.07, 6.45) is 5.22. The van der Waals surface area contributed by atoms with Crippen LogP contribution in [0, 0.1) is 0 Å². The van der Waals surface area contributed by atoms with Crippen molar-refractivity contribution < 1.29 is 9.59 Å². The average molecular weight is 434 g/mol. The second-order valence-corrected chi connectivity index (χ2v) is 9.14. The Morgan fingerprint density at radius 3 is 2.31 bits per heavy atom. The van der Waals surface area contributed by atoms with Crippen LogP contribution in [0.1, 0.15) is 47.7 Å². The summed E-state index contributed by atoms with van der Waals surface area (Å²) >= 11 is 0. The molecule has 2 saturated heterocycles. The number of likely N-dealkylation sites (tertiary alicyclic amines) is 1. The number of rotatable bonds is 6. The molecule has 5 heteroatoms. The highest BCUT2D eigenvalue weighted by molar-refractivity contribution is 5.95. The maximum Gasteiger partial charge on any atom is 0.254 e. The van der Waals surface area contributed by atoms with Gasteiger partial charge in [-0.1, -0.05) is 48.5 Å². The molecule has 2 aliphatic rings. The maximum absolute atomic E-state index is 13.3. The first kappa shape index (κ1) is 22.5. The van der Waals surface area contributed by atoms with Crippen LogP contribution >= 0.6 is 0 Å². The lowest BCUT2D eigenvalue weighted by molar-refractivity contribution is -0.136. The van der Waals surface area contributed by atoms with Crippen LogP contribution < -0.4 is 0 Å². The summed E-state index contributed by atoms with van der Waals surface area (Å²) in [5.74, 6) is 0.354. The van der Waals surface area contributed by atoms with Crippen LogP contribution in [-0.2, 0) is 17.6 Å². The molecule has 2 aliphatic heterocycles. The van der Waals surface area contributed by atoms with E-state index in [0.717, 1.165) is 56.4 Å². The van der Waals surface area contributed by atoms with E-state index in [1.165, 1.54) is 12.0 Å². The number of amides is 2. The van der Waals surface area contributed by atoms with Crippen LogP contribution in [0.15, 0.2) is 54.6 Å². The molecule has 0 unspecified atom stereocenters. The highest BCUT2D eigenvalue weighted by atomic mass is 16.2. The highest BCUT2D eigenvalue weighted by Crippen LogP contribution is 2.18. The Balaban J connectivity index is 1.31. The van der Waals surface area contributed by atoms with Crippen molar-refractivity contribution in [2.24, 2.45) is 0 Å². The van der Waals surface area contributed by atoms with Crippen LogP contribution in [0.5, 0.6) is 0 Å². The molecule has 0 bridgehead atoms. The van der Waals surface area contributed by atoms with Gasteiger partial charge in [-0.05, 0) is 56.2 Å². The molecule has 2 aromatic carbocycles. The van der Waals surface area contributed by atoms with E-state index in [2.05, 4.69) is 42.2 Å². The zero-order valence-electron chi connectivity index (χ0n) is 19.2. The van der Waals surface area contributed by atoms with E-state index in [0.29, 0.717) is 25.7 Å². The largest absolute Gasteiger partial charge is 0.339 e. The molecule has 32 heavy (non-hydrogen) atoms. The van der Waals surface area contributed by atoms with Gasteiger partial charge in [0.15, 0.2) is 0 Å². The fraction of sp³-hybridized carbons (Fsp3) is 0.481. The topological polar surface area (TPSA) is 43.9 Å². The SMILES string of the molecule is C[C@H]1CCCCN1C(=O)CN1CCN(C(=O)c2ccccc2CCc2ccccc2)CC1. The molecule has 0 aliphatic carbocycles. The van der Waals surface area contributed by atoms with Crippen molar-refractivity contribution in [1.29, 1.82) is 0 Å².